The maximum absolute atomic E-state index is 9.50. The van der Waals surface area contributed by atoms with E-state index in [1.807, 2.05) is 36.4 Å². The van der Waals surface area contributed by atoms with Gasteiger partial charge in [-0.05, 0) is 23.8 Å². The van der Waals surface area contributed by atoms with Crippen LogP contribution in [0, 0.1) is 0 Å². The van der Waals surface area contributed by atoms with Crippen molar-refractivity contribution in [3.63, 3.8) is 0 Å². The third-order valence-corrected chi connectivity index (χ3v) is 2.83. The van der Waals surface area contributed by atoms with Crippen LogP contribution in [0.4, 0.5) is 0 Å². The molecule has 1 unspecified atom stereocenters. The standard InChI is InChI=1S/C14H16O3/c1-16-14-7-3-2-6-13(14)11(10-15)9-12-5-4-8-17-12/h2-8,11,15H,9-10H2,1H3. The van der Waals surface area contributed by atoms with Crippen molar-refractivity contribution >= 4 is 0 Å². The van der Waals surface area contributed by atoms with Crippen molar-refractivity contribution in [3.8, 4) is 5.75 Å². The summed E-state index contributed by atoms with van der Waals surface area (Å²) < 4.78 is 10.6. The summed E-state index contributed by atoms with van der Waals surface area (Å²) in [5.41, 5.74) is 1.01. The lowest BCUT2D eigenvalue weighted by Gasteiger charge is -2.16. The first-order chi connectivity index (χ1) is 8.35. The number of para-hydroxylation sites is 1. The molecule has 0 radical (unpaired) electrons. The average Bonchev–Trinajstić information content (AvgIpc) is 2.89. The Morgan fingerprint density at radius 1 is 1.24 bits per heavy atom. The molecule has 0 amide bonds. The number of furan rings is 1. The van der Waals surface area contributed by atoms with Crippen molar-refractivity contribution in [2.45, 2.75) is 12.3 Å². The topological polar surface area (TPSA) is 42.6 Å². The van der Waals surface area contributed by atoms with Crippen molar-refractivity contribution in [2.24, 2.45) is 0 Å². The fourth-order valence-electron chi connectivity index (χ4n) is 1.95. The molecule has 0 saturated heterocycles. The predicted octanol–water partition coefficient (Wildman–Crippen LogP) is 2.61. The Bertz CT molecular complexity index is 448. The van der Waals surface area contributed by atoms with Gasteiger partial charge < -0.3 is 14.3 Å². The first-order valence-corrected chi connectivity index (χ1v) is 5.61. The summed E-state index contributed by atoms with van der Waals surface area (Å²) >= 11 is 0. The number of methoxy groups -OCH3 is 1. The van der Waals surface area contributed by atoms with Gasteiger partial charge in [0, 0.05) is 12.3 Å². The van der Waals surface area contributed by atoms with Crippen LogP contribution in [0.3, 0.4) is 0 Å². The quantitative estimate of drug-likeness (QED) is 0.861. The molecule has 1 aromatic carbocycles. The molecular formula is C14H16O3. The average molecular weight is 232 g/mol. The zero-order valence-electron chi connectivity index (χ0n) is 9.80. The molecule has 0 saturated carbocycles. The third-order valence-electron chi connectivity index (χ3n) is 2.83. The van der Waals surface area contributed by atoms with E-state index in [1.165, 1.54) is 0 Å². The number of benzene rings is 1. The highest BCUT2D eigenvalue weighted by molar-refractivity contribution is 5.36. The molecule has 1 N–H and O–H groups in total. The second-order valence-corrected chi connectivity index (χ2v) is 3.90. The molecule has 0 bridgehead atoms. The van der Waals surface area contributed by atoms with Gasteiger partial charge >= 0.3 is 0 Å². The Morgan fingerprint density at radius 2 is 2.06 bits per heavy atom. The van der Waals surface area contributed by atoms with Gasteiger partial charge in [0.25, 0.3) is 0 Å². The second kappa shape index (κ2) is 5.55. The van der Waals surface area contributed by atoms with Gasteiger partial charge in [-0.15, -0.1) is 0 Å². The van der Waals surface area contributed by atoms with Gasteiger partial charge in [0.1, 0.15) is 11.5 Å². The van der Waals surface area contributed by atoms with E-state index in [0.717, 1.165) is 17.1 Å². The molecule has 1 atom stereocenters. The highest BCUT2D eigenvalue weighted by Crippen LogP contribution is 2.28. The summed E-state index contributed by atoms with van der Waals surface area (Å²) in [6.07, 6.45) is 2.32. The van der Waals surface area contributed by atoms with Crippen molar-refractivity contribution in [2.75, 3.05) is 13.7 Å². The molecule has 3 nitrogen and oxygen atoms in total. The van der Waals surface area contributed by atoms with Gasteiger partial charge in [-0.3, -0.25) is 0 Å². The van der Waals surface area contributed by atoms with E-state index < -0.39 is 0 Å². The van der Waals surface area contributed by atoms with Crippen LogP contribution in [-0.4, -0.2) is 18.8 Å². The molecule has 2 rings (SSSR count). The normalized spacial score (nSPS) is 12.4. The summed E-state index contributed by atoms with van der Waals surface area (Å²) in [4.78, 5) is 0. The summed E-state index contributed by atoms with van der Waals surface area (Å²) in [5, 5.41) is 9.50. The zero-order valence-corrected chi connectivity index (χ0v) is 9.80. The van der Waals surface area contributed by atoms with Crippen LogP contribution in [0.1, 0.15) is 17.2 Å². The van der Waals surface area contributed by atoms with E-state index >= 15 is 0 Å². The maximum atomic E-state index is 9.50. The number of ether oxygens (including phenoxy) is 1. The highest BCUT2D eigenvalue weighted by Gasteiger charge is 2.16. The number of hydrogen-bond acceptors (Lipinski definition) is 3. The Kier molecular flexibility index (Phi) is 3.83. The minimum atomic E-state index is -0.00250. The number of aliphatic hydroxyl groups is 1. The smallest absolute Gasteiger partial charge is 0.122 e. The van der Waals surface area contributed by atoms with Gasteiger partial charge in [-0.2, -0.15) is 0 Å². The molecule has 1 heterocycles. The molecule has 17 heavy (non-hydrogen) atoms. The molecule has 90 valence electrons. The van der Waals surface area contributed by atoms with Crippen LogP contribution in [0.5, 0.6) is 5.75 Å². The Hall–Kier alpha value is -1.74. The van der Waals surface area contributed by atoms with Crippen molar-refractivity contribution in [1.29, 1.82) is 0 Å². The minimum absolute atomic E-state index is 0.00250. The van der Waals surface area contributed by atoms with E-state index in [9.17, 15) is 5.11 Å². The van der Waals surface area contributed by atoms with Gasteiger partial charge in [0.05, 0.1) is 20.0 Å². The highest BCUT2D eigenvalue weighted by atomic mass is 16.5. The van der Waals surface area contributed by atoms with Crippen LogP contribution in [-0.2, 0) is 6.42 Å². The number of rotatable bonds is 5. The van der Waals surface area contributed by atoms with E-state index in [-0.39, 0.29) is 12.5 Å². The Labute approximate surface area is 101 Å². The molecule has 0 aliphatic heterocycles. The summed E-state index contributed by atoms with van der Waals surface area (Å²) in [5.74, 6) is 1.67. The van der Waals surface area contributed by atoms with Gasteiger partial charge in [-0.25, -0.2) is 0 Å². The number of hydrogen-bond donors (Lipinski definition) is 1. The molecule has 3 heteroatoms. The summed E-state index contributed by atoms with van der Waals surface area (Å²) in [6, 6.07) is 11.5. The van der Waals surface area contributed by atoms with E-state index in [1.54, 1.807) is 13.4 Å². The Balaban J connectivity index is 2.22. The SMILES string of the molecule is COc1ccccc1C(CO)Cc1ccco1. The van der Waals surface area contributed by atoms with Crippen LogP contribution >= 0.6 is 0 Å². The van der Waals surface area contributed by atoms with Gasteiger partial charge in [0.2, 0.25) is 0 Å². The minimum Gasteiger partial charge on any atom is -0.496 e. The third kappa shape index (κ3) is 2.68. The monoisotopic (exact) mass is 232 g/mol. The molecule has 2 aromatic rings. The molecular weight excluding hydrogens is 216 g/mol. The lowest BCUT2D eigenvalue weighted by atomic mass is 9.94. The van der Waals surface area contributed by atoms with Crippen LogP contribution in [0.25, 0.3) is 0 Å². The second-order valence-electron chi connectivity index (χ2n) is 3.90. The van der Waals surface area contributed by atoms with Crippen molar-refractivity contribution in [3.05, 3.63) is 54.0 Å². The van der Waals surface area contributed by atoms with E-state index in [4.69, 9.17) is 9.15 Å². The maximum Gasteiger partial charge on any atom is 0.122 e. The number of aliphatic hydroxyl groups excluding tert-OH is 1. The zero-order chi connectivity index (χ0) is 12.1. The predicted molar refractivity (Wildman–Crippen MR) is 65.2 cm³/mol. The fourth-order valence-corrected chi connectivity index (χ4v) is 1.95. The lowest BCUT2D eigenvalue weighted by molar-refractivity contribution is 0.256. The molecule has 0 aliphatic carbocycles. The van der Waals surface area contributed by atoms with E-state index in [2.05, 4.69) is 0 Å². The lowest BCUT2D eigenvalue weighted by Crippen LogP contribution is -2.08. The van der Waals surface area contributed by atoms with Gasteiger partial charge in [0.15, 0.2) is 0 Å². The molecule has 1 aromatic heterocycles. The van der Waals surface area contributed by atoms with Crippen LogP contribution in [0.15, 0.2) is 47.1 Å². The van der Waals surface area contributed by atoms with Crippen molar-refractivity contribution < 1.29 is 14.3 Å². The molecule has 0 spiro atoms. The van der Waals surface area contributed by atoms with Crippen LogP contribution < -0.4 is 4.74 Å². The fraction of sp³-hybridized carbons (Fsp3) is 0.286. The first kappa shape index (κ1) is 11.7. The largest absolute Gasteiger partial charge is 0.496 e. The molecule has 0 fully saturated rings. The van der Waals surface area contributed by atoms with Crippen LogP contribution in [0.2, 0.25) is 0 Å². The first-order valence-electron chi connectivity index (χ1n) is 5.61. The summed E-state index contributed by atoms with van der Waals surface area (Å²) in [7, 11) is 1.64. The summed E-state index contributed by atoms with van der Waals surface area (Å²) in [6.45, 7) is 0.0705. The van der Waals surface area contributed by atoms with E-state index in [0.29, 0.717) is 6.42 Å². The molecule has 0 aliphatic rings. The Morgan fingerprint density at radius 3 is 2.71 bits per heavy atom. The van der Waals surface area contributed by atoms with Gasteiger partial charge in [-0.1, -0.05) is 18.2 Å². The van der Waals surface area contributed by atoms with Crippen molar-refractivity contribution in [1.82, 2.24) is 0 Å².